The van der Waals surface area contributed by atoms with Crippen molar-refractivity contribution in [2.75, 3.05) is 19.6 Å². The molecule has 1 saturated carbocycles. The van der Waals surface area contributed by atoms with Gasteiger partial charge < -0.3 is 9.88 Å². The molecule has 23 heavy (non-hydrogen) atoms. The summed E-state index contributed by atoms with van der Waals surface area (Å²) in [6.07, 6.45) is 1.86. The zero-order valence-corrected chi connectivity index (χ0v) is 13.0. The maximum atomic E-state index is 12.9. The second-order valence-electron chi connectivity index (χ2n) is 6.98. The molecule has 2 aromatic rings. The maximum absolute atomic E-state index is 12.9. The highest BCUT2D eigenvalue weighted by Crippen LogP contribution is 2.43. The van der Waals surface area contributed by atoms with E-state index < -0.39 is 5.92 Å². The van der Waals surface area contributed by atoms with E-state index in [0.717, 1.165) is 43.5 Å². The Balaban J connectivity index is 1.41. The fourth-order valence-electron chi connectivity index (χ4n) is 4.08. The number of para-hydroxylation sites is 2. The third kappa shape index (κ3) is 2.80. The van der Waals surface area contributed by atoms with Crippen molar-refractivity contribution < 1.29 is 8.78 Å². The minimum Gasteiger partial charge on any atom is -0.306 e. The Hall–Kier alpha value is -1.69. The molecule has 0 amide bonds. The van der Waals surface area contributed by atoms with Gasteiger partial charge in [-0.25, -0.2) is 13.6 Å². The molecule has 0 atom stereocenters. The Morgan fingerprint density at radius 1 is 1.17 bits per heavy atom. The summed E-state index contributed by atoms with van der Waals surface area (Å²) in [5.41, 5.74) is 1.77. The van der Waals surface area contributed by atoms with Gasteiger partial charge in [0.2, 0.25) is 5.92 Å². The van der Waals surface area contributed by atoms with Gasteiger partial charge in [-0.15, -0.1) is 0 Å². The van der Waals surface area contributed by atoms with Crippen molar-refractivity contribution >= 4 is 11.0 Å². The summed E-state index contributed by atoms with van der Waals surface area (Å²) in [6, 6.07) is 7.94. The molecule has 0 spiro atoms. The predicted octanol–water partition coefficient (Wildman–Crippen LogP) is 3.01. The molecule has 1 aliphatic heterocycles. The Morgan fingerprint density at radius 2 is 1.87 bits per heavy atom. The van der Waals surface area contributed by atoms with E-state index in [-0.39, 0.29) is 30.5 Å². The molecule has 2 aliphatic rings. The average Bonchev–Trinajstić information content (AvgIpc) is 2.82. The standard InChI is InChI=1S/C17H21F2N3O/c18-17(19)9-12(10-17)11-21-7-5-13(6-8-21)22-15-4-2-1-3-14(15)20-16(22)23/h1-4,12-13H,5-11H2,(H,20,23). The first-order valence-corrected chi connectivity index (χ1v) is 8.31. The Morgan fingerprint density at radius 3 is 2.57 bits per heavy atom. The van der Waals surface area contributed by atoms with E-state index in [0.29, 0.717) is 0 Å². The lowest BCUT2D eigenvalue weighted by molar-refractivity contribution is -0.117. The first kappa shape index (κ1) is 14.9. The van der Waals surface area contributed by atoms with Gasteiger partial charge >= 0.3 is 5.69 Å². The van der Waals surface area contributed by atoms with E-state index in [2.05, 4.69) is 9.88 Å². The highest BCUT2D eigenvalue weighted by Gasteiger charge is 2.45. The van der Waals surface area contributed by atoms with Gasteiger partial charge in [0.25, 0.3) is 0 Å². The number of likely N-dealkylation sites (tertiary alicyclic amines) is 1. The smallest absolute Gasteiger partial charge is 0.306 e. The number of imidazole rings is 1. The van der Waals surface area contributed by atoms with E-state index >= 15 is 0 Å². The van der Waals surface area contributed by atoms with Crippen LogP contribution in [0.5, 0.6) is 0 Å². The summed E-state index contributed by atoms with van der Waals surface area (Å²) < 4.78 is 27.7. The summed E-state index contributed by atoms with van der Waals surface area (Å²) in [5, 5.41) is 0. The fourth-order valence-corrected chi connectivity index (χ4v) is 4.08. The van der Waals surface area contributed by atoms with E-state index in [9.17, 15) is 13.6 Å². The molecule has 1 N–H and O–H groups in total. The molecule has 2 heterocycles. The molecule has 1 aromatic heterocycles. The first-order valence-electron chi connectivity index (χ1n) is 8.31. The monoisotopic (exact) mass is 321 g/mol. The fraction of sp³-hybridized carbons (Fsp3) is 0.588. The van der Waals surface area contributed by atoms with Crippen LogP contribution < -0.4 is 5.69 Å². The van der Waals surface area contributed by atoms with Crippen molar-refractivity contribution in [2.45, 2.75) is 37.6 Å². The minimum atomic E-state index is -2.43. The number of hydrogen-bond acceptors (Lipinski definition) is 2. The van der Waals surface area contributed by atoms with Crippen LogP contribution in [-0.2, 0) is 0 Å². The maximum Gasteiger partial charge on any atom is 0.326 e. The lowest BCUT2D eigenvalue weighted by Gasteiger charge is -2.40. The van der Waals surface area contributed by atoms with Crippen LogP contribution in [0.1, 0.15) is 31.7 Å². The molecule has 1 saturated heterocycles. The third-order valence-electron chi connectivity index (χ3n) is 5.24. The van der Waals surface area contributed by atoms with Crippen LogP contribution >= 0.6 is 0 Å². The normalized spacial score (nSPS) is 23.2. The Kier molecular flexibility index (Phi) is 3.52. The van der Waals surface area contributed by atoms with Gasteiger partial charge in [0, 0.05) is 38.5 Å². The number of aromatic nitrogens is 2. The SMILES string of the molecule is O=c1[nH]c2ccccc2n1C1CCN(CC2CC(F)(F)C2)CC1. The van der Waals surface area contributed by atoms with Crippen LogP contribution in [-0.4, -0.2) is 40.0 Å². The molecule has 1 aromatic carbocycles. The summed E-state index contributed by atoms with van der Waals surface area (Å²) >= 11 is 0. The number of rotatable bonds is 3. The second-order valence-corrected chi connectivity index (χ2v) is 6.98. The van der Waals surface area contributed by atoms with Crippen molar-refractivity contribution in [2.24, 2.45) is 5.92 Å². The largest absolute Gasteiger partial charge is 0.326 e. The molecular weight excluding hydrogens is 300 g/mol. The minimum absolute atomic E-state index is 0.0365. The van der Waals surface area contributed by atoms with E-state index in [1.165, 1.54) is 0 Å². The van der Waals surface area contributed by atoms with Crippen LogP contribution in [0.15, 0.2) is 29.1 Å². The third-order valence-corrected chi connectivity index (χ3v) is 5.24. The quantitative estimate of drug-likeness (QED) is 0.944. The van der Waals surface area contributed by atoms with E-state index in [4.69, 9.17) is 0 Å². The van der Waals surface area contributed by atoms with Crippen LogP contribution in [0.4, 0.5) is 8.78 Å². The highest BCUT2D eigenvalue weighted by atomic mass is 19.3. The number of piperidine rings is 1. The molecule has 4 rings (SSSR count). The van der Waals surface area contributed by atoms with Gasteiger partial charge in [0.1, 0.15) is 0 Å². The summed E-state index contributed by atoms with van der Waals surface area (Å²) in [4.78, 5) is 17.4. The van der Waals surface area contributed by atoms with Crippen LogP contribution in [0.2, 0.25) is 0 Å². The topological polar surface area (TPSA) is 41.0 Å². The Bertz CT molecular complexity index is 751. The van der Waals surface area contributed by atoms with Gasteiger partial charge in [-0.3, -0.25) is 4.57 Å². The Labute approximate surface area is 133 Å². The van der Waals surface area contributed by atoms with Crippen LogP contribution in [0, 0.1) is 5.92 Å². The van der Waals surface area contributed by atoms with Crippen molar-refractivity contribution in [3.63, 3.8) is 0 Å². The number of aromatic amines is 1. The van der Waals surface area contributed by atoms with Crippen molar-refractivity contribution in [3.05, 3.63) is 34.7 Å². The molecule has 6 heteroatoms. The van der Waals surface area contributed by atoms with Crippen molar-refractivity contribution in [1.29, 1.82) is 0 Å². The van der Waals surface area contributed by atoms with Crippen LogP contribution in [0.3, 0.4) is 0 Å². The predicted molar refractivity (Wildman–Crippen MR) is 84.9 cm³/mol. The number of nitrogens with zero attached hydrogens (tertiary/aromatic N) is 2. The molecular formula is C17H21F2N3O. The van der Waals surface area contributed by atoms with Crippen LogP contribution in [0.25, 0.3) is 11.0 Å². The number of fused-ring (bicyclic) bond motifs is 1. The molecule has 2 fully saturated rings. The molecule has 0 radical (unpaired) electrons. The van der Waals surface area contributed by atoms with Gasteiger partial charge in [-0.2, -0.15) is 0 Å². The molecule has 4 nitrogen and oxygen atoms in total. The lowest BCUT2D eigenvalue weighted by atomic mass is 9.81. The van der Waals surface area contributed by atoms with Gasteiger partial charge in [0.05, 0.1) is 11.0 Å². The molecule has 0 bridgehead atoms. The van der Waals surface area contributed by atoms with E-state index in [1.807, 2.05) is 28.8 Å². The van der Waals surface area contributed by atoms with Crippen molar-refractivity contribution in [1.82, 2.24) is 14.5 Å². The van der Waals surface area contributed by atoms with Crippen molar-refractivity contribution in [3.8, 4) is 0 Å². The second kappa shape index (κ2) is 5.44. The van der Waals surface area contributed by atoms with E-state index in [1.54, 1.807) is 0 Å². The number of H-pyrrole nitrogens is 1. The first-order chi connectivity index (χ1) is 11.0. The highest BCUT2D eigenvalue weighted by molar-refractivity contribution is 5.75. The summed E-state index contributed by atoms with van der Waals surface area (Å²) in [5.74, 6) is -2.29. The lowest BCUT2D eigenvalue weighted by Crippen LogP contribution is -2.45. The molecule has 0 unspecified atom stereocenters. The number of nitrogens with one attached hydrogen (secondary N) is 1. The molecule has 124 valence electrons. The summed E-state index contributed by atoms with van der Waals surface area (Å²) in [7, 11) is 0. The van der Waals surface area contributed by atoms with Gasteiger partial charge in [-0.05, 0) is 30.9 Å². The zero-order chi connectivity index (χ0) is 16.0. The summed E-state index contributed by atoms with van der Waals surface area (Å²) in [6.45, 7) is 2.52. The number of alkyl halides is 2. The molecule has 1 aliphatic carbocycles. The number of hydrogen-bond donors (Lipinski definition) is 1. The zero-order valence-electron chi connectivity index (χ0n) is 13.0. The number of benzene rings is 1. The average molecular weight is 321 g/mol. The van der Waals surface area contributed by atoms with Gasteiger partial charge in [0.15, 0.2) is 0 Å². The van der Waals surface area contributed by atoms with Gasteiger partial charge in [-0.1, -0.05) is 12.1 Å². The number of halogens is 2.